The average Bonchev–Trinajstić information content (AvgIpc) is 3.02. The molecule has 130 valence electrons. The average molecular weight is 387 g/mol. The van der Waals surface area contributed by atoms with Gasteiger partial charge in [-0.05, 0) is 37.9 Å². The van der Waals surface area contributed by atoms with Gasteiger partial charge in [0, 0.05) is 11.5 Å². The largest absolute Gasteiger partial charge is 0.455 e. The van der Waals surface area contributed by atoms with Gasteiger partial charge in [-0.15, -0.1) is 28.6 Å². The minimum Gasteiger partial charge on any atom is -0.455 e. The van der Waals surface area contributed by atoms with E-state index in [4.69, 9.17) is 10.5 Å². The molecule has 2 N–H and O–H groups in total. The Morgan fingerprint density at radius 3 is 2.92 bits per heavy atom. The van der Waals surface area contributed by atoms with Crippen molar-refractivity contribution in [2.24, 2.45) is 5.73 Å². The number of nitrogens with two attached hydrogens (primary N) is 1. The van der Waals surface area contributed by atoms with Gasteiger partial charge in [0.25, 0.3) is 0 Å². The van der Waals surface area contributed by atoms with Crippen LogP contribution >= 0.6 is 35.1 Å². The molecule has 0 radical (unpaired) electrons. The summed E-state index contributed by atoms with van der Waals surface area (Å²) in [5.41, 5.74) is 6.46. The Morgan fingerprint density at radius 1 is 1.54 bits per heavy atom. The Bertz CT molecular complexity index is 684. The summed E-state index contributed by atoms with van der Waals surface area (Å²) in [7, 11) is 0. The molecule has 1 fully saturated rings. The summed E-state index contributed by atoms with van der Waals surface area (Å²) >= 11 is 4.43. The van der Waals surface area contributed by atoms with Gasteiger partial charge in [-0.3, -0.25) is 9.69 Å². The summed E-state index contributed by atoms with van der Waals surface area (Å²) < 4.78 is 10.3. The Hall–Kier alpha value is -1.10. The summed E-state index contributed by atoms with van der Waals surface area (Å²) in [4.78, 5) is 26.3. The zero-order valence-electron chi connectivity index (χ0n) is 13.5. The summed E-state index contributed by atoms with van der Waals surface area (Å²) in [5.74, 6) is 0.536. The second-order valence-corrected chi connectivity index (χ2v) is 9.58. The number of esters is 1. The maximum atomic E-state index is 12.7. The van der Waals surface area contributed by atoms with Gasteiger partial charge in [-0.1, -0.05) is 4.49 Å². The molecule has 3 heterocycles. The number of hydrogen-bond donors (Lipinski definition) is 1. The van der Waals surface area contributed by atoms with Crippen LogP contribution < -0.4 is 5.73 Å². The van der Waals surface area contributed by atoms with Crippen molar-refractivity contribution in [3.63, 3.8) is 0 Å². The molecular weight excluding hydrogens is 368 g/mol. The Balaban J connectivity index is 1.86. The maximum absolute atomic E-state index is 12.7. The van der Waals surface area contributed by atoms with Gasteiger partial charge in [-0.2, -0.15) is 0 Å². The van der Waals surface area contributed by atoms with Crippen molar-refractivity contribution in [2.45, 2.75) is 42.0 Å². The van der Waals surface area contributed by atoms with Crippen molar-refractivity contribution in [1.29, 1.82) is 0 Å². The molecule has 24 heavy (non-hydrogen) atoms. The number of fused-ring (bicyclic) bond motifs is 1. The molecule has 3 rings (SSSR count). The molecule has 0 aromatic carbocycles. The van der Waals surface area contributed by atoms with Crippen LogP contribution in [-0.2, 0) is 14.3 Å². The molecule has 2 atom stereocenters. The van der Waals surface area contributed by atoms with E-state index in [9.17, 15) is 9.59 Å². The van der Waals surface area contributed by atoms with Crippen molar-refractivity contribution < 1.29 is 14.3 Å². The number of β-lactam (4-membered cyclic amide) rings is 1. The third-order valence-electron chi connectivity index (χ3n) is 3.41. The molecule has 7 nitrogen and oxygen atoms in total. The van der Waals surface area contributed by atoms with Crippen LogP contribution in [0.2, 0.25) is 0 Å². The molecular formula is C14H18N4O3S3. The molecule has 2 aliphatic rings. The number of rotatable bonds is 4. The van der Waals surface area contributed by atoms with Crippen LogP contribution in [0.4, 0.5) is 0 Å². The molecule has 1 aromatic rings. The van der Waals surface area contributed by atoms with Gasteiger partial charge in [0.2, 0.25) is 5.91 Å². The molecule has 1 aromatic heterocycles. The van der Waals surface area contributed by atoms with Crippen LogP contribution in [0.5, 0.6) is 0 Å². The van der Waals surface area contributed by atoms with E-state index in [-0.39, 0.29) is 11.3 Å². The molecule has 1 unspecified atom stereocenters. The predicted molar refractivity (Wildman–Crippen MR) is 94.6 cm³/mol. The number of carbonyl (C=O) groups excluding carboxylic acids is 2. The predicted octanol–water partition coefficient (Wildman–Crippen LogP) is 1.47. The van der Waals surface area contributed by atoms with Crippen LogP contribution in [0.3, 0.4) is 0 Å². The highest BCUT2D eigenvalue weighted by atomic mass is 32.2. The molecule has 2 aliphatic heterocycles. The zero-order valence-corrected chi connectivity index (χ0v) is 16.0. The van der Waals surface area contributed by atoms with E-state index in [0.717, 1.165) is 9.78 Å². The first kappa shape index (κ1) is 17.7. The van der Waals surface area contributed by atoms with Crippen molar-refractivity contribution in [3.8, 4) is 0 Å². The minimum atomic E-state index is -0.625. The van der Waals surface area contributed by atoms with Crippen LogP contribution in [0.1, 0.15) is 20.8 Å². The van der Waals surface area contributed by atoms with Gasteiger partial charge >= 0.3 is 5.97 Å². The second-order valence-electron chi connectivity index (χ2n) is 6.41. The van der Waals surface area contributed by atoms with Gasteiger partial charge < -0.3 is 10.5 Å². The van der Waals surface area contributed by atoms with Crippen LogP contribution in [0.15, 0.2) is 21.7 Å². The lowest BCUT2D eigenvalue weighted by Gasteiger charge is -2.48. The maximum Gasteiger partial charge on any atom is 0.355 e. The van der Waals surface area contributed by atoms with Crippen molar-refractivity contribution >= 4 is 46.9 Å². The Kier molecular flexibility index (Phi) is 4.92. The SMILES string of the molecule is CC(C)(C)OC(=O)C1=C(CSc2cnns2)CS[C@H]2C(N)C(=O)N12. The van der Waals surface area contributed by atoms with E-state index < -0.39 is 17.6 Å². The third-order valence-corrected chi connectivity index (χ3v) is 6.69. The van der Waals surface area contributed by atoms with E-state index in [1.165, 1.54) is 16.4 Å². The van der Waals surface area contributed by atoms with Crippen molar-refractivity contribution in [3.05, 3.63) is 17.5 Å². The van der Waals surface area contributed by atoms with E-state index in [1.54, 1.807) is 29.7 Å². The molecule has 1 amide bonds. The fourth-order valence-electron chi connectivity index (χ4n) is 2.39. The monoisotopic (exact) mass is 386 g/mol. The first-order chi connectivity index (χ1) is 11.3. The molecule has 10 heteroatoms. The highest BCUT2D eigenvalue weighted by Gasteiger charge is 2.52. The van der Waals surface area contributed by atoms with E-state index >= 15 is 0 Å². The van der Waals surface area contributed by atoms with E-state index in [0.29, 0.717) is 17.2 Å². The van der Waals surface area contributed by atoms with Gasteiger partial charge in [0.05, 0.1) is 6.20 Å². The third kappa shape index (κ3) is 3.46. The van der Waals surface area contributed by atoms with E-state index in [2.05, 4.69) is 9.59 Å². The number of nitrogens with zero attached hydrogens (tertiary/aromatic N) is 3. The van der Waals surface area contributed by atoms with Crippen LogP contribution in [-0.4, -0.2) is 54.9 Å². The topological polar surface area (TPSA) is 98.4 Å². The number of ether oxygens (including phenoxy) is 1. The second kappa shape index (κ2) is 6.66. The molecule has 1 saturated heterocycles. The fraction of sp³-hybridized carbons (Fsp3) is 0.571. The Labute approximate surface area is 152 Å². The number of carbonyl (C=O) groups is 2. The van der Waals surface area contributed by atoms with Crippen molar-refractivity contribution in [1.82, 2.24) is 14.5 Å². The first-order valence-corrected chi connectivity index (χ1v) is 10.1. The molecule has 0 spiro atoms. The van der Waals surface area contributed by atoms with E-state index in [1.807, 2.05) is 20.8 Å². The number of amides is 1. The summed E-state index contributed by atoms with van der Waals surface area (Å²) in [6.45, 7) is 5.42. The quantitative estimate of drug-likeness (QED) is 0.472. The fourth-order valence-corrected chi connectivity index (χ4v) is 5.24. The molecule has 0 saturated carbocycles. The first-order valence-electron chi connectivity index (χ1n) is 7.34. The summed E-state index contributed by atoms with van der Waals surface area (Å²) in [6.07, 6.45) is 1.69. The summed E-state index contributed by atoms with van der Waals surface area (Å²) in [6, 6.07) is -0.549. The molecule has 0 bridgehead atoms. The lowest BCUT2D eigenvalue weighted by atomic mass is 10.0. The standard InChI is InChI=1S/C14H18N4O3S3/c1-14(2,3)21-13(20)10-7(5-22-8-4-16-17-24-8)6-23-12-9(15)11(19)18(10)12/h4,9,12H,5-6,15H2,1-3H3/t9?,12-/m0/s1. The highest BCUT2D eigenvalue weighted by molar-refractivity contribution is 8.01. The summed E-state index contributed by atoms with van der Waals surface area (Å²) in [5, 5.41) is 3.62. The number of hydrogen-bond acceptors (Lipinski definition) is 9. The van der Waals surface area contributed by atoms with Crippen molar-refractivity contribution in [2.75, 3.05) is 11.5 Å². The zero-order chi connectivity index (χ0) is 17.5. The lowest BCUT2D eigenvalue weighted by molar-refractivity contribution is -0.157. The highest BCUT2D eigenvalue weighted by Crippen LogP contribution is 2.41. The van der Waals surface area contributed by atoms with Crippen LogP contribution in [0, 0.1) is 0 Å². The number of thioether (sulfide) groups is 2. The van der Waals surface area contributed by atoms with Gasteiger partial charge in [0.15, 0.2) is 0 Å². The Morgan fingerprint density at radius 2 is 2.29 bits per heavy atom. The minimum absolute atomic E-state index is 0.182. The van der Waals surface area contributed by atoms with Gasteiger partial charge in [0.1, 0.15) is 26.9 Å². The van der Waals surface area contributed by atoms with Crippen LogP contribution in [0.25, 0.3) is 0 Å². The smallest absolute Gasteiger partial charge is 0.355 e. The number of aromatic nitrogens is 2. The van der Waals surface area contributed by atoms with Gasteiger partial charge in [-0.25, -0.2) is 4.79 Å². The lowest BCUT2D eigenvalue weighted by Crippen LogP contribution is -2.68. The normalized spacial score (nSPS) is 23.8. The molecule has 0 aliphatic carbocycles.